The average Bonchev–Trinajstić information content (AvgIpc) is 2.33. The molecule has 0 aliphatic rings. The smallest absolute Gasteiger partial charge is 0.251 e. The summed E-state index contributed by atoms with van der Waals surface area (Å²) >= 11 is 2.16. The molecule has 0 spiro atoms. The number of halogens is 1. The molecule has 0 saturated carbocycles. The number of carbonyl (C=O) groups excluding carboxylic acids is 2. The molecule has 0 aromatic heterocycles. The van der Waals surface area contributed by atoms with Crippen LogP contribution in [-0.2, 0) is 4.79 Å². The predicted octanol–water partition coefficient (Wildman–Crippen LogP) is 1.79. The van der Waals surface area contributed by atoms with Crippen LogP contribution in [0, 0.1) is 9.49 Å². The molecule has 0 atom stereocenters. The second kappa shape index (κ2) is 7.35. The largest absolute Gasteiger partial charge is 0.354 e. The number of amides is 2. The van der Waals surface area contributed by atoms with Crippen molar-refractivity contribution < 1.29 is 9.59 Å². The van der Waals surface area contributed by atoms with Gasteiger partial charge in [-0.2, -0.15) is 0 Å². The molecule has 0 aliphatic heterocycles. The standard InChI is InChI=1S/C13H17IN2O2/c1-9(2)12(17)15-6-7-16-13(18)10-4-3-5-11(14)8-10/h3-5,8-9H,6-7H2,1-2H3,(H,15,17)(H,16,18). The van der Waals surface area contributed by atoms with Crippen LogP contribution in [0.25, 0.3) is 0 Å². The van der Waals surface area contributed by atoms with Crippen LogP contribution in [0.2, 0.25) is 0 Å². The lowest BCUT2D eigenvalue weighted by atomic mass is 10.2. The lowest BCUT2D eigenvalue weighted by Crippen LogP contribution is -2.36. The Morgan fingerprint density at radius 1 is 1.22 bits per heavy atom. The Hall–Kier alpha value is -1.11. The van der Waals surface area contributed by atoms with E-state index in [1.165, 1.54) is 0 Å². The summed E-state index contributed by atoms with van der Waals surface area (Å²) in [6.45, 7) is 4.55. The first-order valence-corrected chi connectivity index (χ1v) is 6.90. The number of benzene rings is 1. The van der Waals surface area contributed by atoms with Crippen molar-refractivity contribution in [1.29, 1.82) is 0 Å². The van der Waals surface area contributed by atoms with Gasteiger partial charge in [-0.3, -0.25) is 9.59 Å². The molecule has 1 rings (SSSR count). The van der Waals surface area contributed by atoms with Crippen LogP contribution in [0.5, 0.6) is 0 Å². The molecule has 98 valence electrons. The van der Waals surface area contributed by atoms with Gasteiger partial charge in [0.2, 0.25) is 5.91 Å². The molecule has 0 bridgehead atoms. The molecule has 1 aromatic rings. The van der Waals surface area contributed by atoms with Crippen LogP contribution >= 0.6 is 22.6 Å². The van der Waals surface area contributed by atoms with E-state index >= 15 is 0 Å². The number of hydrogen-bond donors (Lipinski definition) is 2. The molecule has 2 N–H and O–H groups in total. The Bertz CT molecular complexity index is 433. The van der Waals surface area contributed by atoms with Crippen molar-refractivity contribution in [1.82, 2.24) is 10.6 Å². The maximum absolute atomic E-state index is 11.7. The van der Waals surface area contributed by atoms with Gasteiger partial charge >= 0.3 is 0 Å². The summed E-state index contributed by atoms with van der Waals surface area (Å²) in [5, 5.41) is 5.51. The second-order valence-corrected chi connectivity index (χ2v) is 5.46. The lowest BCUT2D eigenvalue weighted by molar-refractivity contribution is -0.123. The summed E-state index contributed by atoms with van der Waals surface area (Å²) in [6, 6.07) is 7.37. The summed E-state index contributed by atoms with van der Waals surface area (Å²) in [6.07, 6.45) is 0. The van der Waals surface area contributed by atoms with Crippen LogP contribution in [0.1, 0.15) is 24.2 Å². The molecule has 0 radical (unpaired) electrons. The van der Waals surface area contributed by atoms with E-state index in [2.05, 4.69) is 33.2 Å². The van der Waals surface area contributed by atoms with Gasteiger partial charge in [0.15, 0.2) is 0 Å². The van der Waals surface area contributed by atoms with Crippen molar-refractivity contribution in [3.8, 4) is 0 Å². The summed E-state index contributed by atoms with van der Waals surface area (Å²) in [5.41, 5.74) is 0.636. The van der Waals surface area contributed by atoms with Crippen molar-refractivity contribution in [3.05, 3.63) is 33.4 Å². The summed E-state index contributed by atoms with van der Waals surface area (Å²) in [5.74, 6) is -0.151. The molecule has 1 aromatic carbocycles. The van der Waals surface area contributed by atoms with Crippen LogP contribution in [0.15, 0.2) is 24.3 Å². The molecule has 0 aliphatic carbocycles. The monoisotopic (exact) mass is 360 g/mol. The minimum Gasteiger partial charge on any atom is -0.354 e. The van der Waals surface area contributed by atoms with Crippen LogP contribution in [-0.4, -0.2) is 24.9 Å². The lowest BCUT2D eigenvalue weighted by Gasteiger charge is -2.08. The van der Waals surface area contributed by atoms with Gasteiger partial charge in [0.05, 0.1) is 0 Å². The highest BCUT2D eigenvalue weighted by Crippen LogP contribution is 2.07. The van der Waals surface area contributed by atoms with E-state index in [0.29, 0.717) is 18.7 Å². The maximum atomic E-state index is 11.7. The van der Waals surface area contributed by atoms with Crippen molar-refractivity contribution >= 4 is 34.4 Å². The van der Waals surface area contributed by atoms with Gasteiger partial charge in [-0.15, -0.1) is 0 Å². The number of hydrogen-bond acceptors (Lipinski definition) is 2. The molecular weight excluding hydrogens is 343 g/mol. The van der Waals surface area contributed by atoms with Gasteiger partial charge in [0.1, 0.15) is 0 Å². The minimum absolute atomic E-state index is 0.00138. The third-order valence-electron chi connectivity index (χ3n) is 2.32. The third-order valence-corrected chi connectivity index (χ3v) is 2.99. The highest BCUT2D eigenvalue weighted by Gasteiger charge is 2.07. The fraction of sp³-hybridized carbons (Fsp3) is 0.385. The zero-order chi connectivity index (χ0) is 13.5. The highest BCUT2D eigenvalue weighted by molar-refractivity contribution is 14.1. The third kappa shape index (κ3) is 5.03. The van der Waals surface area contributed by atoms with E-state index in [9.17, 15) is 9.59 Å². The zero-order valence-corrected chi connectivity index (χ0v) is 12.7. The van der Waals surface area contributed by atoms with E-state index < -0.39 is 0 Å². The first-order chi connectivity index (χ1) is 8.50. The Labute approximate surface area is 121 Å². The number of nitrogens with one attached hydrogen (secondary N) is 2. The van der Waals surface area contributed by atoms with E-state index in [4.69, 9.17) is 0 Å². The highest BCUT2D eigenvalue weighted by atomic mass is 127. The van der Waals surface area contributed by atoms with E-state index in [0.717, 1.165) is 3.57 Å². The Morgan fingerprint density at radius 3 is 2.50 bits per heavy atom. The maximum Gasteiger partial charge on any atom is 0.251 e. The van der Waals surface area contributed by atoms with Gasteiger partial charge in [0, 0.05) is 28.1 Å². The molecule has 0 saturated heterocycles. The van der Waals surface area contributed by atoms with E-state index in [-0.39, 0.29) is 17.7 Å². The summed E-state index contributed by atoms with van der Waals surface area (Å²) in [7, 11) is 0. The van der Waals surface area contributed by atoms with Crippen LogP contribution in [0.4, 0.5) is 0 Å². The van der Waals surface area contributed by atoms with E-state index in [1.54, 1.807) is 6.07 Å². The molecule has 2 amide bonds. The average molecular weight is 360 g/mol. The topological polar surface area (TPSA) is 58.2 Å². The van der Waals surface area contributed by atoms with Gasteiger partial charge in [0.25, 0.3) is 5.91 Å². The molecule has 0 unspecified atom stereocenters. The van der Waals surface area contributed by atoms with Crippen LogP contribution in [0.3, 0.4) is 0 Å². The number of carbonyl (C=O) groups is 2. The fourth-order valence-electron chi connectivity index (χ4n) is 1.30. The predicted molar refractivity (Wildman–Crippen MR) is 79.3 cm³/mol. The van der Waals surface area contributed by atoms with E-state index in [1.807, 2.05) is 32.0 Å². The first-order valence-electron chi connectivity index (χ1n) is 5.82. The van der Waals surface area contributed by atoms with Crippen molar-refractivity contribution in [2.24, 2.45) is 5.92 Å². The fourth-order valence-corrected chi connectivity index (χ4v) is 1.84. The normalized spacial score (nSPS) is 10.2. The van der Waals surface area contributed by atoms with Crippen molar-refractivity contribution in [2.75, 3.05) is 13.1 Å². The van der Waals surface area contributed by atoms with Crippen molar-refractivity contribution in [3.63, 3.8) is 0 Å². The SMILES string of the molecule is CC(C)C(=O)NCCNC(=O)c1cccc(I)c1. The van der Waals surface area contributed by atoms with Gasteiger partial charge in [-0.05, 0) is 40.8 Å². The summed E-state index contributed by atoms with van der Waals surface area (Å²) in [4.78, 5) is 23.0. The quantitative estimate of drug-likeness (QED) is 0.622. The Morgan fingerprint density at radius 2 is 1.89 bits per heavy atom. The molecule has 0 heterocycles. The molecule has 0 fully saturated rings. The summed E-state index contributed by atoms with van der Waals surface area (Å²) < 4.78 is 1.02. The molecular formula is C13H17IN2O2. The number of rotatable bonds is 5. The van der Waals surface area contributed by atoms with Gasteiger partial charge < -0.3 is 10.6 Å². The first kappa shape index (κ1) is 14.9. The molecule has 4 nitrogen and oxygen atoms in total. The molecule has 5 heteroatoms. The van der Waals surface area contributed by atoms with Crippen molar-refractivity contribution in [2.45, 2.75) is 13.8 Å². The zero-order valence-electron chi connectivity index (χ0n) is 10.5. The Balaban J connectivity index is 2.32. The second-order valence-electron chi connectivity index (χ2n) is 4.21. The van der Waals surface area contributed by atoms with Gasteiger partial charge in [-0.25, -0.2) is 0 Å². The Kier molecular flexibility index (Phi) is 6.11. The van der Waals surface area contributed by atoms with Crippen LogP contribution < -0.4 is 10.6 Å². The van der Waals surface area contributed by atoms with Gasteiger partial charge in [-0.1, -0.05) is 19.9 Å². The molecule has 18 heavy (non-hydrogen) atoms. The minimum atomic E-state index is -0.118.